The molecule has 28 heavy (non-hydrogen) atoms. The van der Waals surface area contributed by atoms with Gasteiger partial charge in [-0.25, -0.2) is 14.2 Å². The zero-order valence-corrected chi connectivity index (χ0v) is 16.1. The van der Waals surface area contributed by atoms with E-state index in [4.69, 9.17) is 4.74 Å². The van der Waals surface area contributed by atoms with Gasteiger partial charge in [-0.05, 0) is 42.2 Å². The molecule has 2 aromatic carbocycles. The van der Waals surface area contributed by atoms with Crippen LogP contribution in [0.1, 0.15) is 42.2 Å². The third-order valence-electron chi connectivity index (χ3n) is 4.90. The molecular weight excluding hydrogens is 364 g/mol. The van der Waals surface area contributed by atoms with Crippen LogP contribution in [0.15, 0.2) is 42.5 Å². The maximum absolute atomic E-state index is 14.0. The molecule has 0 aliphatic carbocycles. The summed E-state index contributed by atoms with van der Waals surface area (Å²) >= 11 is 0. The second-order valence-electron chi connectivity index (χ2n) is 7.37. The third-order valence-corrected chi connectivity index (χ3v) is 4.90. The second-order valence-corrected chi connectivity index (χ2v) is 7.37. The number of ether oxygens (including phenoxy) is 1. The molecule has 2 aromatic rings. The second kappa shape index (κ2) is 8.67. The number of halogens is 2. The predicted octanol–water partition coefficient (Wildman–Crippen LogP) is 3.34. The summed E-state index contributed by atoms with van der Waals surface area (Å²) in [5, 5.41) is 2.83. The normalized spacial score (nSPS) is 21.7. The summed E-state index contributed by atoms with van der Waals surface area (Å²) in [7, 11) is 1.59. The summed E-state index contributed by atoms with van der Waals surface area (Å²) < 4.78 is 33.3. The highest BCUT2D eigenvalue weighted by Crippen LogP contribution is 2.28. The molecule has 1 heterocycles. The molecule has 5 nitrogen and oxygen atoms in total. The van der Waals surface area contributed by atoms with Crippen LogP contribution < -0.4 is 20.9 Å². The lowest BCUT2D eigenvalue weighted by molar-refractivity contribution is 0.0919. The van der Waals surface area contributed by atoms with E-state index in [2.05, 4.69) is 30.0 Å². The fraction of sp³-hybridized carbons (Fsp3) is 0.381. The lowest BCUT2D eigenvalue weighted by Crippen LogP contribution is -2.46. The maximum atomic E-state index is 14.0. The molecule has 1 aliphatic rings. The van der Waals surface area contributed by atoms with Crippen LogP contribution in [-0.2, 0) is 0 Å². The van der Waals surface area contributed by atoms with Crippen molar-refractivity contribution in [2.45, 2.75) is 38.4 Å². The van der Waals surface area contributed by atoms with E-state index in [0.29, 0.717) is 5.92 Å². The van der Waals surface area contributed by atoms with Gasteiger partial charge in [0.2, 0.25) is 0 Å². The van der Waals surface area contributed by atoms with Crippen LogP contribution in [0, 0.1) is 17.6 Å². The van der Waals surface area contributed by atoms with Crippen LogP contribution in [0.25, 0.3) is 0 Å². The fourth-order valence-electron chi connectivity index (χ4n) is 3.55. The number of carbonyl (C=O) groups is 1. The van der Waals surface area contributed by atoms with Gasteiger partial charge in [0.1, 0.15) is 22.9 Å². The summed E-state index contributed by atoms with van der Waals surface area (Å²) in [6, 6.07) is 10.1. The molecule has 3 atom stereocenters. The summed E-state index contributed by atoms with van der Waals surface area (Å²) in [6.07, 6.45) is 0.782. The van der Waals surface area contributed by atoms with Crippen LogP contribution in [0.2, 0.25) is 0 Å². The first-order valence-electron chi connectivity index (χ1n) is 9.30. The standard InChI is InChI=1S/C21H25F2N3O2/c1-12(2)11-17-20(24-21(27)18-15(22)5-4-6-16(18)23)19(26-25-17)13-7-9-14(28-3)10-8-13/h4-10,12,17,19-20,25-26H,11H2,1-3H3,(H,24,27). The Labute approximate surface area is 163 Å². The Kier molecular flexibility index (Phi) is 6.26. The number of hydrogen-bond donors (Lipinski definition) is 3. The number of amides is 1. The predicted molar refractivity (Wildman–Crippen MR) is 103 cm³/mol. The minimum absolute atomic E-state index is 0.0918. The lowest BCUT2D eigenvalue weighted by atomic mass is 9.91. The monoisotopic (exact) mass is 389 g/mol. The molecule has 1 aliphatic heterocycles. The average molecular weight is 389 g/mol. The number of rotatable bonds is 6. The number of hydrogen-bond acceptors (Lipinski definition) is 4. The number of methoxy groups -OCH3 is 1. The number of nitrogens with one attached hydrogen (secondary N) is 3. The number of hydrazine groups is 1. The van der Waals surface area contributed by atoms with Gasteiger partial charge in [0, 0.05) is 6.04 Å². The summed E-state index contributed by atoms with van der Waals surface area (Å²) in [4.78, 5) is 12.7. The highest BCUT2D eigenvalue weighted by molar-refractivity contribution is 5.95. The minimum atomic E-state index is -0.877. The van der Waals surface area contributed by atoms with Crippen molar-refractivity contribution in [2.24, 2.45) is 5.92 Å². The first kappa shape index (κ1) is 20.2. The van der Waals surface area contributed by atoms with Gasteiger partial charge in [-0.2, -0.15) is 0 Å². The molecular formula is C21H25F2N3O2. The summed E-state index contributed by atoms with van der Waals surface area (Å²) in [5.41, 5.74) is 6.79. The largest absolute Gasteiger partial charge is 0.497 e. The number of carbonyl (C=O) groups excluding carboxylic acids is 1. The van der Waals surface area contributed by atoms with Crippen molar-refractivity contribution in [3.8, 4) is 5.75 Å². The van der Waals surface area contributed by atoms with Crippen LogP contribution in [0.5, 0.6) is 5.75 Å². The molecule has 1 fully saturated rings. The average Bonchev–Trinajstić information content (AvgIpc) is 3.03. The summed E-state index contributed by atoms with van der Waals surface area (Å²) in [5.74, 6) is -1.42. The van der Waals surface area contributed by atoms with Crippen LogP contribution >= 0.6 is 0 Å². The molecule has 0 aromatic heterocycles. The van der Waals surface area contributed by atoms with Gasteiger partial charge in [0.25, 0.3) is 5.91 Å². The first-order chi connectivity index (χ1) is 13.4. The fourth-order valence-corrected chi connectivity index (χ4v) is 3.55. The van der Waals surface area contributed by atoms with E-state index in [9.17, 15) is 13.6 Å². The van der Waals surface area contributed by atoms with Crippen molar-refractivity contribution in [3.63, 3.8) is 0 Å². The number of benzene rings is 2. The van der Waals surface area contributed by atoms with Crippen LogP contribution in [0.3, 0.4) is 0 Å². The highest BCUT2D eigenvalue weighted by atomic mass is 19.1. The van der Waals surface area contributed by atoms with Crippen LogP contribution in [0.4, 0.5) is 8.78 Å². The zero-order valence-electron chi connectivity index (χ0n) is 16.1. The topological polar surface area (TPSA) is 62.4 Å². The van der Waals surface area contributed by atoms with Gasteiger partial charge in [-0.1, -0.05) is 32.0 Å². The zero-order chi connectivity index (χ0) is 20.3. The van der Waals surface area contributed by atoms with E-state index >= 15 is 0 Å². The molecule has 0 radical (unpaired) electrons. The van der Waals surface area contributed by atoms with Gasteiger partial charge in [-0.15, -0.1) is 0 Å². The van der Waals surface area contributed by atoms with E-state index in [1.807, 2.05) is 24.3 Å². The van der Waals surface area contributed by atoms with Crippen molar-refractivity contribution < 1.29 is 18.3 Å². The third kappa shape index (κ3) is 4.31. The molecule has 0 bridgehead atoms. The minimum Gasteiger partial charge on any atom is -0.497 e. The Morgan fingerprint density at radius 2 is 1.75 bits per heavy atom. The maximum Gasteiger partial charge on any atom is 0.257 e. The van der Waals surface area contributed by atoms with E-state index < -0.39 is 23.1 Å². The molecule has 0 saturated carbocycles. The molecule has 7 heteroatoms. The van der Waals surface area contributed by atoms with Crippen molar-refractivity contribution in [3.05, 3.63) is 65.2 Å². The van der Waals surface area contributed by atoms with Crippen LogP contribution in [-0.4, -0.2) is 25.1 Å². The van der Waals surface area contributed by atoms with E-state index in [0.717, 1.165) is 29.9 Å². The molecule has 3 N–H and O–H groups in total. The van der Waals surface area contributed by atoms with Gasteiger partial charge in [0.05, 0.1) is 19.2 Å². The molecule has 1 saturated heterocycles. The van der Waals surface area contributed by atoms with Crippen molar-refractivity contribution >= 4 is 5.91 Å². The SMILES string of the molecule is COc1ccc(C2NNC(CC(C)C)C2NC(=O)c2c(F)cccc2F)cc1. The van der Waals surface area contributed by atoms with Gasteiger partial charge in [-0.3, -0.25) is 10.2 Å². The Balaban J connectivity index is 1.87. The smallest absolute Gasteiger partial charge is 0.257 e. The van der Waals surface area contributed by atoms with Gasteiger partial charge >= 0.3 is 0 Å². The molecule has 1 amide bonds. The van der Waals surface area contributed by atoms with Gasteiger partial charge < -0.3 is 10.1 Å². The van der Waals surface area contributed by atoms with Crippen molar-refractivity contribution in [1.29, 1.82) is 0 Å². The molecule has 0 spiro atoms. The van der Waals surface area contributed by atoms with E-state index in [1.165, 1.54) is 6.07 Å². The Bertz CT molecular complexity index is 807. The Morgan fingerprint density at radius 3 is 2.32 bits per heavy atom. The van der Waals surface area contributed by atoms with Gasteiger partial charge in [0.15, 0.2) is 0 Å². The summed E-state index contributed by atoms with van der Waals surface area (Å²) in [6.45, 7) is 4.16. The van der Waals surface area contributed by atoms with E-state index in [-0.39, 0.29) is 18.1 Å². The Hall–Kier alpha value is -2.51. The molecule has 3 unspecified atom stereocenters. The first-order valence-corrected chi connectivity index (χ1v) is 9.30. The van der Waals surface area contributed by atoms with E-state index in [1.54, 1.807) is 7.11 Å². The lowest BCUT2D eigenvalue weighted by Gasteiger charge is -2.26. The quantitative estimate of drug-likeness (QED) is 0.709. The Morgan fingerprint density at radius 1 is 1.11 bits per heavy atom. The van der Waals surface area contributed by atoms with Crippen molar-refractivity contribution in [2.75, 3.05) is 7.11 Å². The highest BCUT2D eigenvalue weighted by Gasteiger charge is 2.38. The molecule has 3 rings (SSSR count). The molecule has 150 valence electrons. The van der Waals surface area contributed by atoms with Crippen molar-refractivity contribution in [1.82, 2.24) is 16.2 Å².